The van der Waals surface area contributed by atoms with Gasteiger partial charge in [0.25, 0.3) is 0 Å². The van der Waals surface area contributed by atoms with Crippen molar-refractivity contribution in [2.45, 2.75) is 59.3 Å². The summed E-state index contributed by atoms with van der Waals surface area (Å²) in [6, 6.07) is 8.00. The van der Waals surface area contributed by atoms with Gasteiger partial charge in [0.15, 0.2) is 0 Å². The maximum atomic E-state index is 10.3. The van der Waals surface area contributed by atoms with Crippen molar-refractivity contribution in [1.82, 2.24) is 9.55 Å². The largest absolute Gasteiger partial charge is 0.390 e. The average Bonchev–Trinajstić information content (AvgIpc) is 2.75. The van der Waals surface area contributed by atoms with Gasteiger partial charge in [-0.1, -0.05) is 39.8 Å². The van der Waals surface area contributed by atoms with Gasteiger partial charge in [-0.2, -0.15) is 0 Å². The number of aromatic nitrogens is 2. The first kappa shape index (κ1) is 16.0. The minimum atomic E-state index is -0.808. The van der Waals surface area contributed by atoms with Gasteiger partial charge in [0, 0.05) is 13.0 Å². The third kappa shape index (κ3) is 3.44. The van der Waals surface area contributed by atoms with Crippen LogP contribution in [0.1, 0.15) is 39.9 Å². The lowest BCUT2D eigenvalue weighted by atomic mass is 9.85. The summed E-state index contributed by atoms with van der Waals surface area (Å²) in [6.45, 7) is 8.77. The molecule has 0 saturated carbocycles. The molecule has 0 aliphatic heterocycles. The summed E-state index contributed by atoms with van der Waals surface area (Å²) in [5.41, 5.74) is 1.69. The molecule has 116 valence electrons. The fourth-order valence-corrected chi connectivity index (χ4v) is 2.63. The molecule has 1 aromatic heterocycles. The van der Waals surface area contributed by atoms with Crippen molar-refractivity contribution in [1.29, 1.82) is 0 Å². The Balaban J connectivity index is 2.31. The topological polar surface area (TPSA) is 58.3 Å². The van der Waals surface area contributed by atoms with E-state index in [1.165, 1.54) is 0 Å². The van der Waals surface area contributed by atoms with Crippen LogP contribution in [0.2, 0.25) is 0 Å². The van der Waals surface area contributed by atoms with Crippen molar-refractivity contribution in [2.75, 3.05) is 0 Å². The molecule has 2 unspecified atom stereocenters. The first-order valence-corrected chi connectivity index (χ1v) is 7.65. The van der Waals surface area contributed by atoms with Crippen LogP contribution in [-0.2, 0) is 13.0 Å². The summed E-state index contributed by atoms with van der Waals surface area (Å²) in [4.78, 5) is 4.63. The van der Waals surface area contributed by atoms with E-state index in [1.807, 2.05) is 45.0 Å². The fraction of sp³-hybridized carbons (Fsp3) is 0.588. The molecule has 0 bridgehead atoms. The van der Waals surface area contributed by atoms with E-state index in [9.17, 15) is 10.2 Å². The number of aliphatic hydroxyl groups is 2. The fourth-order valence-electron chi connectivity index (χ4n) is 2.63. The van der Waals surface area contributed by atoms with Gasteiger partial charge in [-0.25, -0.2) is 4.98 Å². The number of para-hydroxylation sites is 2. The second kappa shape index (κ2) is 6.16. The highest BCUT2D eigenvalue weighted by molar-refractivity contribution is 5.75. The first-order valence-electron chi connectivity index (χ1n) is 7.65. The lowest BCUT2D eigenvalue weighted by molar-refractivity contribution is -0.0444. The van der Waals surface area contributed by atoms with Gasteiger partial charge >= 0.3 is 0 Å². The molecule has 0 amide bonds. The summed E-state index contributed by atoms with van der Waals surface area (Å²) in [6.07, 6.45) is -0.205. The first-order chi connectivity index (χ1) is 9.84. The molecular formula is C17H26N2O2. The van der Waals surface area contributed by atoms with Crippen molar-refractivity contribution in [3.05, 3.63) is 30.1 Å². The van der Waals surface area contributed by atoms with E-state index in [0.717, 1.165) is 29.8 Å². The third-order valence-corrected chi connectivity index (χ3v) is 3.82. The van der Waals surface area contributed by atoms with Gasteiger partial charge in [-0.3, -0.25) is 0 Å². The third-order valence-electron chi connectivity index (χ3n) is 3.82. The molecule has 0 aliphatic rings. The van der Waals surface area contributed by atoms with Gasteiger partial charge in [0.2, 0.25) is 0 Å². The Morgan fingerprint density at radius 2 is 1.86 bits per heavy atom. The summed E-state index contributed by atoms with van der Waals surface area (Å²) >= 11 is 0. The Morgan fingerprint density at radius 1 is 1.19 bits per heavy atom. The normalized spacial score (nSPS) is 15.3. The minimum Gasteiger partial charge on any atom is -0.390 e. The number of benzene rings is 1. The van der Waals surface area contributed by atoms with Crippen molar-refractivity contribution in [2.24, 2.45) is 5.41 Å². The van der Waals surface area contributed by atoms with Gasteiger partial charge in [-0.15, -0.1) is 0 Å². The van der Waals surface area contributed by atoms with Crippen molar-refractivity contribution < 1.29 is 10.2 Å². The number of rotatable bonds is 5. The highest BCUT2D eigenvalue weighted by atomic mass is 16.3. The highest BCUT2D eigenvalue weighted by Crippen LogP contribution is 2.24. The summed E-state index contributed by atoms with van der Waals surface area (Å²) in [7, 11) is 0. The predicted molar refractivity (Wildman–Crippen MR) is 85.2 cm³/mol. The standard InChI is InChI=1S/C17H26N2O2/c1-5-10-19-13-9-7-6-8-12(13)18-15(19)11-14(20)16(21)17(2,3)4/h6-9,14,16,20-21H,5,10-11H2,1-4H3. The van der Waals surface area contributed by atoms with Crippen molar-refractivity contribution >= 4 is 11.0 Å². The monoisotopic (exact) mass is 290 g/mol. The molecule has 2 rings (SSSR count). The number of imidazole rings is 1. The number of aliphatic hydroxyl groups excluding tert-OH is 2. The predicted octanol–water partition coefficient (Wildman–Crippen LogP) is 2.76. The molecule has 0 spiro atoms. The minimum absolute atomic E-state index is 0.346. The summed E-state index contributed by atoms with van der Waals surface area (Å²) < 4.78 is 2.15. The molecule has 2 N–H and O–H groups in total. The second-order valence-electron chi connectivity index (χ2n) is 6.75. The van der Waals surface area contributed by atoms with E-state index in [1.54, 1.807) is 0 Å². The van der Waals surface area contributed by atoms with Gasteiger partial charge in [-0.05, 0) is 24.0 Å². The Kier molecular flexibility index (Phi) is 4.69. The van der Waals surface area contributed by atoms with Crippen LogP contribution >= 0.6 is 0 Å². The molecular weight excluding hydrogens is 264 g/mol. The lowest BCUT2D eigenvalue weighted by Crippen LogP contribution is -2.39. The van der Waals surface area contributed by atoms with E-state index < -0.39 is 12.2 Å². The molecule has 2 aromatic rings. The van der Waals surface area contributed by atoms with Crippen LogP contribution in [0.3, 0.4) is 0 Å². The maximum Gasteiger partial charge on any atom is 0.112 e. The van der Waals surface area contributed by atoms with Crippen molar-refractivity contribution in [3.63, 3.8) is 0 Å². The summed E-state index contributed by atoms with van der Waals surface area (Å²) in [5.74, 6) is 0.842. The lowest BCUT2D eigenvalue weighted by Gasteiger charge is -2.29. The molecule has 0 saturated heterocycles. The van der Waals surface area contributed by atoms with Crippen LogP contribution in [0.4, 0.5) is 0 Å². The smallest absolute Gasteiger partial charge is 0.112 e. The van der Waals surface area contributed by atoms with E-state index in [-0.39, 0.29) is 5.41 Å². The molecule has 1 aromatic carbocycles. The maximum absolute atomic E-state index is 10.3. The molecule has 0 aliphatic carbocycles. The molecule has 0 fully saturated rings. The van der Waals surface area contributed by atoms with Crippen LogP contribution in [0.5, 0.6) is 0 Å². The van der Waals surface area contributed by atoms with Crippen molar-refractivity contribution in [3.8, 4) is 0 Å². The number of nitrogens with zero attached hydrogens (tertiary/aromatic N) is 2. The zero-order chi connectivity index (χ0) is 15.6. The molecule has 2 atom stereocenters. The van der Waals surface area contributed by atoms with Gasteiger partial charge in [0.05, 0.1) is 23.2 Å². The van der Waals surface area contributed by atoms with Crippen LogP contribution < -0.4 is 0 Å². The molecule has 0 radical (unpaired) electrons. The SMILES string of the molecule is CCCn1c(CC(O)C(O)C(C)(C)C)nc2ccccc21. The van der Waals surface area contributed by atoms with Gasteiger partial charge in [0.1, 0.15) is 5.82 Å². The van der Waals surface area contributed by atoms with Crippen LogP contribution in [0.25, 0.3) is 11.0 Å². The molecule has 1 heterocycles. The second-order valence-corrected chi connectivity index (χ2v) is 6.75. The van der Waals surface area contributed by atoms with Crippen LogP contribution in [0.15, 0.2) is 24.3 Å². The van der Waals surface area contributed by atoms with E-state index in [4.69, 9.17) is 0 Å². The number of hydrogen-bond acceptors (Lipinski definition) is 3. The number of hydrogen-bond donors (Lipinski definition) is 2. The molecule has 4 heteroatoms. The van der Waals surface area contributed by atoms with E-state index >= 15 is 0 Å². The van der Waals surface area contributed by atoms with E-state index in [2.05, 4.69) is 16.5 Å². The average molecular weight is 290 g/mol. The quantitative estimate of drug-likeness (QED) is 0.890. The zero-order valence-corrected chi connectivity index (χ0v) is 13.4. The van der Waals surface area contributed by atoms with Crippen LogP contribution in [0, 0.1) is 5.41 Å². The summed E-state index contributed by atoms with van der Waals surface area (Å²) in [5, 5.41) is 20.5. The Bertz CT molecular complexity index is 598. The Labute approximate surface area is 126 Å². The van der Waals surface area contributed by atoms with Crippen LogP contribution in [-0.4, -0.2) is 32.0 Å². The molecule has 21 heavy (non-hydrogen) atoms. The number of aryl methyl sites for hydroxylation is 1. The zero-order valence-electron chi connectivity index (χ0n) is 13.4. The van der Waals surface area contributed by atoms with Gasteiger partial charge < -0.3 is 14.8 Å². The van der Waals surface area contributed by atoms with E-state index in [0.29, 0.717) is 6.42 Å². The Hall–Kier alpha value is -1.39. The Morgan fingerprint density at radius 3 is 2.48 bits per heavy atom. The molecule has 4 nitrogen and oxygen atoms in total. The highest BCUT2D eigenvalue weighted by Gasteiger charge is 2.30. The number of fused-ring (bicyclic) bond motifs is 1.